The SMILES string of the molecule is CN=C(NCC1CCN(CC(F)(F)F)C1)N1CCC(c2ccc(OC)cc2)C1. The van der Waals surface area contributed by atoms with Crippen molar-refractivity contribution in [2.24, 2.45) is 10.9 Å². The average molecular weight is 398 g/mol. The summed E-state index contributed by atoms with van der Waals surface area (Å²) in [5.74, 6) is 2.36. The monoisotopic (exact) mass is 398 g/mol. The highest BCUT2D eigenvalue weighted by molar-refractivity contribution is 5.80. The molecule has 5 nitrogen and oxygen atoms in total. The molecule has 2 saturated heterocycles. The van der Waals surface area contributed by atoms with Gasteiger partial charge in [-0.25, -0.2) is 0 Å². The van der Waals surface area contributed by atoms with E-state index >= 15 is 0 Å². The highest BCUT2D eigenvalue weighted by Crippen LogP contribution is 2.28. The molecule has 0 saturated carbocycles. The number of nitrogens with one attached hydrogen (secondary N) is 1. The molecule has 0 radical (unpaired) electrons. The number of likely N-dealkylation sites (tertiary alicyclic amines) is 2. The fraction of sp³-hybridized carbons (Fsp3) is 0.650. The summed E-state index contributed by atoms with van der Waals surface area (Å²) >= 11 is 0. The van der Waals surface area contributed by atoms with Gasteiger partial charge in [0.1, 0.15) is 5.75 Å². The highest BCUT2D eigenvalue weighted by atomic mass is 19.4. The van der Waals surface area contributed by atoms with Crippen molar-refractivity contribution in [1.82, 2.24) is 15.1 Å². The van der Waals surface area contributed by atoms with Crippen LogP contribution in [0.4, 0.5) is 13.2 Å². The van der Waals surface area contributed by atoms with E-state index in [1.165, 1.54) is 10.5 Å². The Labute approximate surface area is 164 Å². The summed E-state index contributed by atoms with van der Waals surface area (Å²) in [7, 11) is 3.42. The summed E-state index contributed by atoms with van der Waals surface area (Å²) < 4.78 is 42.8. The number of ether oxygens (including phenoxy) is 1. The number of rotatable bonds is 5. The Balaban J connectivity index is 1.47. The van der Waals surface area contributed by atoms with Gasteiger partial charge in [-0.15, -0.1) is 0 Å². The van der Waals surface area contributed by atoms with Crippen LogP contribution in [0.2, 0.25) is 0 Å². The maximum atomic E-state index is 12.5. The predicted molar refractivity (Wildman–Crippen MR) is 104 cm³/mol. The van der Waals surface area contributed by atoms with Crippen LogP contribution in [0.15, 0.2) is 29.3 Å². The molecule has 0 amide bonds. The van der Waals surface area contributed by atoms with E-state index in [-0.39, 0.29) is 5.92 Å². The molecule has 2 unspecified atom stereocenters. The van der Waals surface area contributed by atoms with Crippen LogP contribution >= 0.6 is 0 Å². The van der Waals surface area contributed by atoms with Gasteiger partial charge in [0.15, 0.2) is 5.96 Å². The van der Waals surface area contributed by atoms with E-state index in [0.717, 1.165) is 37.6 Å². The van der Waals surface area contributed by atoms with Crippen molar-refractivity contribution < 1.29 is 17.9 Å². The smallest absolute Gasteiger partial charge is 0.401 e. The van der Waals surface area contributed by atoms with E-state index in [1.807, 2.05) is 12.1 Å². The summed E-state index contributed by atoms with van der Waals surface area (Å²) in [5, 5.41) is 3.37. The third kappa shape index (κ3) is 5.53. The van der Waals surface area contributed by atoms with Crippen LogP contribution < -0.4 is 10.1 Å². The van der Waals surface area contributed by atoms with Crippen LogP contribution in [-0.4, -0.2) is 75.4 Å². The number of guanidine groups is 1. The van der Waals surface area contributed by atoms with E-state index in [4.69, 9.17) is 4.74 Å². The normalized spacial score (nSPS) is 24.0. The predicted octanol–water partition coefficient (Wildman–Crippen LogP) is 2.94. The molecule has 3 rings (SSSR count). The second-order valence-electron chi connectivity index (χ2n) is 7.64. The van der Waals surface area contributed by atoms with Gasteiger partial charge in [-0.1, -0.05) is 12.1 Å². The lowest BCUT2D eigenvalue weighted by molar-refractivity contribution is -0.143. The Morgan fingerprint density at radius 2 is 1.93 bits per heavy atom. The minimum atomic E-state index is -4.12. The summed E-state index contributed by atoms with van der Waals surface area (Å²) in [6.45, 7) is 2.64. The van der Waals surface area contributed by atoms with Crippen molar-refractivity contribution in [2.45, 2.75) is 24.9 Å². The van der Waals surface area contributed by atoms with Gasteiger partial charge >= 0.3 is 6.18 Å². The topological polar surface area (TPSA) is 40.1 Å². The van der Waals surface area contributed by atoms with E-state index in [1.54, 1.807) is 14.2 Å². The number of nitrogens with zero attached hydrogens (tertiary/aromatic N) is 3. The lowest BCUT2D eigenvalue weighted by Crippen LogP contribution is -2.42. The molecule has 2 atom stereocenters. The molecule has 0 aliphatic carbocycles. The van der Waals surface area contributed by atoms with Gasteiger partial charge < -0.3 is 15.0 Å². The molecule has 8 heteroatoms. The molecular weight excluding hydrogens is 369 g/mol. The molecule has 1 aromatic carbocycles. The van der Waals surface area contributed by atoms with Gasteiger partial charge in [-0.3, -0.25) is 9.89 Å². The molecular formula is C20H29F3N4O. The second-order valence-corrected chi connectivity index (χ2v) is 7.64. The van der Waals surface area contributed by atoms with Crippen molar-refractivity contribution in [3.8, 4) is 5.75 Å². The van der Waals surface area contributed by atoms with Crippen LogP contribution in [0.25, 0.3) is 0 Å². The molecule has 156 valence electrons. The lowest BCUT2D eigenvalue weighted by Gasteiger charge is -2.23. The quantitative estimate of drug-likeness (QED) is 0.612. The Kier molecular flexibility index (Phi) is 6.69. The molecule has 2 fully saturated rings. The number of methoxy groups -OCH3 is 1. The average Bonchev–Trinajstić information content (AvgIpc) is 3.31. The molecule has 0 bridgehead atoms. The molecule has 2 aliphatic rings. The van der Waals surface area contributed by atoms with Crippen molar-refractivity contribution >= 4 is 5.96 Å². The van der Waals surface area contributed by atoms with E-state index in [9.17, 15) is 13.2 Å². The largest absolute Gasteiger partial charge is 0.497 e. The summed E-state index contributed by atoms with van der Waals surface area (Å²) in [6, 6.07) is 8.18. The Morgan fingerprint density at radius 1 is 1.18 bits per heavy atom. The van der Waals surface area contributed by atoms with Gasteiger partial charge in [0.05, 0.1) is 13.7 Å². The zero-order valence-electron chi connectivity index (χ0n) is 16.5. The Bertz CT molecular complexity index is 662. The first-order chi connectivity index (χ1) is 13.4. The van der Waals surface area contributed by atoms with Crippen molar-refractivity contribution in [1.29, 1.82) is 0 Å². The molecule has 0 spiro atoms. The first kappa shape index (κ1) is 20.8. The molecule has 0 aromatic heterocycles. The highest BCUT2D eigenvalue weighted by Gasteiger charge is 2.34. The first-order valence-electron chi connectivity index (χ1n) is 9.76. The number of alkyl halides is 3. The third-order valence-corrected chi connectivity index (χ3v) is 5.61. The fourth-order valence-corrected chi connectivity index (χ4v) is 4.15. The number of benzene rings is 1. The van der Waals surface area contributed by atoms with Crippen LogP contribution in [0.5, 0.6) is 5.75 Å². The van der Waals surface area contributed by atoms with Gasteiger partial charge in [0, 0.05) is 39.1 Å². The Hall–Kier alpha value is -1.96. The number of hydrogen-bond donors (Lipinski definition) is 1. The summed E-state index contributed by atoms with van der Waals surface area (Å²) in [5.41, 5.74) is 1.29. The van der Waals surface area contributed by atoms with Gasteiger partial charge in [-0.2, -0.15) is 13.2 Å². The van der Waals surface area contributed by atoms with Gasteiger partial charge in [0.2, 0.25) is 0 Å². The third-order valence-electron chi connectivity index (χ3n) is 5.61. The zero-order chi connectivity index (χ0) is 20.1. The lowest BCUT2D eigenvalue weighted by atomic mass is 9.98. The molecule has 1 N–H and O–H groups in total. The minimum absolute atomic E-state index is 0.221. The van der Waals surface area contributed by atoms with Crippen LogP contribution in [0, 0.1) is 5.92 Å². The number of halogens is 3. The van der Waals surface area contributed by atoms with Crippen molar-refractivity contribution in [2.75, 3.05) is 53.4 Å². The van der Waals surface area contributed by atoms with E-state index in [2.05, 4.69) is 27.3 Å². The summed E-state index contributed by atoms with van der Waals surface area (Å²) in [4.78, 5) is 8.11. The van der Waals surface area contributed by atoms with Crippen molar-refractivity contribution in [3.05, 3.63) is 29.8 Å². The molecule has 2 aliphatic heterocycles. The maximum Gasteiger partial charge on any atom is 0.401 e. The number of aliphatic imine (C=N–C) groups is 1. The van der Waals surface area contributed by atoms with E-state index in [0.29, 0.717) is 25.6 Å². The molecule has 2 heterocycles. The van der Waals surface area contributed by atoms with Crippen LogP contribution in [-0.2, 0) is 0 Å². The van der Waals surface area contributed by atoms with Gasteiger partial charge in [-0.05, 0) is 43.0 Å². The van der Waals surface area contributed by atoms with E-state index < -0.39 is 12.7 Å². The van der Waals surface area contributed by atoms with Crippen LogP contribution in [0.1, 0.15) is 24.3 Å². The Morgan fingerprint density at radius 3 is 2.57 bits per heavy atom. The zero-order valence-corrected chi connectivity index (χ0v) is 16.5. The van der Waals surface area contributed by atoms with Crippen LogP contribution in [0.3, 0.4) is 0 Å². The minimum Gasteiger partial charge on any atom is -0.497 e. The first-order valence-corrected chi connectivity index (χ1v) is 9.76. The second kappa shape index (κ2) is 9.03. The maximum absolute atomic E-state index is 12.5. The summed E-state index contributed by atoms with van der Waals surface area (Å²) in [6.07, 6.45) is -2.28. The van der Waals surface area contributed by atoms with Gasteiger partial charge in [0.25, 0.3) is 0 Å². The molecule has 28 heavy (non-hydrogen) atoms. The van der Waals surface area contributed by atoms with Crippen molar-refractivity contribution in [3.63, 3.8) is 0 Å². The number of hydrogen-bond acceptors (Lipinski definition) is 3. The standard InChI is InChI=1S/C20H29F3N4O/c1-24-19(25-11-15-7-9-26(12-15)14-20(21,22)23)27-10-8-17(13-27)16-3-5-18(28-2)6-4-16/h3-6,15,17H,7-14H2,1-2H3,(H,24,25). The fourth-order valence-electron chi connectivity index (χ4n) is 4.15. The molecule has 1 aromatic rings.